The van der Waals surface area contributed by atoms with E-state index < -0.39 is 0 Å². The summed E-state index contributed by atoms with van der Waals surface area (Å²) >= 11 is 0. The topological polar surface area (TPSA) is 101 Å². The average Bonchev–Trinajstić information content (AvgIpc) is 2.98. The van der Waals surface area contributed by atoms with E-state index in [0.717, 1.165) is 5.69 Å². The van der Waals surface area contributed by atoms with Gasteiger partial charge in [-0.1, -0.05) is 0 Å². The third-order valence-corrected chi connectivity index (χ3v) is 3.39. The highest BCUT2D eigenvalue weighted by atomic mass is 16.5. The molecule has 3 rings (SSSR count). The fourth-order valence-electron chi connectivity index (χ4n) is 2.25. The van der Waals surface area contributed by atoms with Crippen LogP contribution in [0.25, 0.3) is 0 Å². The van der Waals surface area contributed by atoms with Crippen LogP contribution in [-0.4, -0.2) is 50.4 Å². The highest BCUT2D eigenvalue weighted by molar-refractivity contribution is 5.92. The zero-order valence-electron chi connectivity index (χ0n) is 12.0. The van der Waals surface area contributed by atoms with E-state index in [-0.39, 0.29) is 23.3 Å². The van der Waals surface area contributed by atoms with E-state index in [4.69, 9.17) is 4.74 Å². The van der Waals surface area contributed by atoms with Gasteiger partial charge in [-0.2, -0.15) is 10.2 Å². The van der Waals surface area contributed by atoms with Gasteiger partial charge >= 0.3 is 0 Å². The highest BCUT2D eigenvalue weighted by Crippen LogP contribution is 2.17. The molecule has 1 N–H and O–H groups in total. The molecule has 0 saturated carbocycles. The van der Waals surface area contributed by atoms with Crippen LogP contribution in [-0.2, 0) is 0 Å². The van der Waals surface area contributed by atoms with Gasteiger partial charge in [0, 0.05) is 25.1 Å². The van der Waals surface area contributed by atoms with Gasteiger partial charge in [-0.25, -0.2) is 5.10 Å². The van der Waals surface area contributed by atoms with Gasteiger partial charge in [0.25, 0.3) is 11.5 Å². The lowest BCUT2D eigenvalue weighted by molar-refractivity contribution is 0.0764. The van der Waals surface area contributed by atoms with Gasteiger partial charge in [-0.15, -0.1) is 5.10 Å². The van der Waals surface area contributed by atoms with Gasteiger partial charge in [0.05, 0.1) is 12.2 Å². The van der Waals surface area contributed by atoms with E-state index in [2.05, 4.69) is 20.4 Å². The van der Waals surface area contributed by atoms with Crippen molar-refractivity contribution in [2.45, 2.75) is 19.4 Å². The Morgan fingerprint density at radius 2 is 2.18 bits per heavy atom. The molecule has 2 aromatic rings. The molecule has 3 heterocycles. The SMILES string of the molecule is Cc1ccc(O[C@H]2CCN(C(=O)c3ccc(=O)[nH]n3)C2)nn1. The maximum absolute atomic E-state index is 12.3. The molecule has 8 heteroatoms. The van der Waals surface area contributed by atoms with Gasteiger partial charge in [0.2, 0.25) is 5.88 Å². The predicted molar refractivity (Wildman–Crippen MR) is 76.6 cm³/mol. The fourth-order valence-corrected chi connectivity index (χ4v) is 2.25. The summed E-state index contributed by atoms with van der Waals surface area (Å²) in [6.07, 6.45) is 0.591. The minimum Gasteiger partial charge on any atom is -0.471 e. The van der Waals surface area contributed by atoms with Crippen molar-refractivity contribution in [3.05, 3.63) is 46.0 Å². The Hall–Kier alpha value is -2.77. The monoisotopic (exact) mass is 301 g/mol. The Kier molecular flexibility index (Phi) is 3.82. The molecule has 1 aliphatic heterocycles. The molecule has 1 amide bonds. The van der Waals surface area contributed by atoms with Crippen LogP contribution in [0.2, 0.25) is 0 Å². The van der Waals surface area contributed by atoms with Crippen LogP contribution in [0.1, 0.15) is 22.6 Å². The Morgan fingerprint density at radius 1 is 1.32 bits per heavy atom. The Labute approximate surface area is 126 Å². The number of aromatic nitrogens is 4. The van der Waals surface area contributed by atoms with E-state index in [1.807, 2.05) is 13.0 Å². The quantitative estimate of drug-likeness (QED) is 0.866. The summed E-state index contributed by atoms with van der Waals surface area (Å²) < 4.78 is 5.72. The average molecular weight is 301 g/mol. The largest absolute Gasteiger partial charge is 0.471 e. The van der Waals surface area contributed by atoms with Crippen molar-refractivity contribution in [3.8, 4) is 5.88 Å². The Morgan fingerprint density at radius 3 is 2.86 bits per heavy atom. The zero-order chi connectivity index (χ0) is 15.5. The number of aromatic amines is 1. The number of aryl methyl sites for hydroxylation is 1. The summed E-state index contributed by atoms with van der Waals surface area (Å²) in [7, 11) is 0. The summed E-state index contributed by atoms with van der Waals surface area (Å²) in [6, 6.07) is 6.29. The number of hydrogen-bond acceptors (Lipinski definition) is 6. The molecular formula is C14H15N5O3. The molecule has 114 valence electrons. The van der Waals surface area contributed by atoms with Crippen LogP contribution < -0.4 is 10.3 Å². The summed E-state index contributed by atoms with van der Waals surface area (Å²) in [5.74, 6) is 0.226. The molecule has 1 fully saturated rings. The smallest absolute Gasteiger partial charge is 0.274 e. The molecule has 1 atom stereocenters. The van der Waals surface area contributed by atoms with Crippen molar-refractivity contribution < 1.29 is 9.53 Å². The Bertz CT molecular complexity index is 708. The molecule has 8 nitrogen and oxygen atoms in total. The number of hydrogen-bond donors (Lipinski definition) is 1. The minimum absolute atomic E-state index is 0.122. The molecule has 0 aliphatic carbocycles. The molecule has 1 aliphatic rings. The summed E-state index contributed by atoms with van der Waals surface area (Å²) in [4.78, 5) is 24.9. The summed E-state index contributed by atoms with van der Waals surface area (Å²) in [5.41, 5.74) is 0.701. The van der Waals surface area contributed by atoms with E-state index in [1.165, 1.54) is 12.1 Å². The van der Waals surface area contributed by atoms with Crippen LogP contribution >= 0.6 is 0 Å². The van der Waals surface area contributed by atoms with Crippen LogP contribution in [0, 0.1) is 6.92 Å². The van der Waals surface area contributed by atoms with E-state index in [0.29, 0.717) is 25.4 Å². The summed E-state index contributed by atoms with van der Waals surface area (Å²) in [6.45, 7) is 2.88. The number of nitrogens with zero attached hydrogens (tertiary/aromatic N) is 4. The lowest BCUT2D eigenvalue weighted by Crippen LogP contribution is -2.32. The maximum atomic E-state index is 12.3. The van der Waals surface area contributed by atoms with Crippen LogP contribution in [0.3, 0.4) is 0 Å². The second kappa shape index (κ2) is 5.92. The summed E-state index contributed by atoms with van der Waals surface area (Å²) in [5, 5.41) is 13.9. The fraction of sp³-hybridized carbons (Fsp3) is 0.357. The number of carbonyl (C=O) groups excluding carboxylic acids is 1. The van der Waals surface area contributed by atoms with E-state index >= 15 is 0 Å². The zero-order valence-corrected chi connectivity index (χ0v) is 12.0. The number of amides is 1. The number of likely N-dealkylation sites (tertiary alicyclic amines) is 1. The van der Waals surface area contributed by atoms with Crippen molar-refractivity contribution in [2.75, 3.05) is 13.1 Å². The van der Waals surface area contributed by atoms with E-state index in [1.54, 1.807) is 11.0 Å². The van der Waals surface area contributed by atoms with Gasteiger partial charge in [0.1, 0.15) is 11.8 Å². The van der Waals surface area contributed by atoms with Gasteiger partial charge < -0.3 is 9.64 Å². The third kappa shape index (κ3) is 3.11. The number of nitrogens with one attached hydrogen (secondary N) is 1. The van der Waals surface area contributed by atoms with Crippen molar-refractivity contribution in [1.82, 2.24) is 25.3 Å². The minimum atomic E-state index is -0.336. The van der Waals surface area contributed by atoms with Gasteiger partial charge in [-0.3, -0.25) is 9.59 Å². The Balaban J connectivity index is 1.62. The number of H-pyrrole nitrogens is 1. The van der Waals surface area contributed by atoms with Crippen LogP contribution in [0.15, 0.2) is 29.1 Å². The molecular weight excluding hydrogens is 286 g/mol. The predicted octanol–water partition coefficient (Wildman–Crippen LogP) is 0.162. The number of rotatable bonds is 3. The second-order valence-electron chi connectivity index (χ2n) is 5.10. The standard InChI is InChI=1S/C14H15N5O3/c1-9-2-5-13(18-15-9)22-10-6-7-19(8-10)14(21)11-3-4-12(20)17-16-11/h2-5,10H,6-8H2,1H3,(H,17,20)/t10-/m0/s1. The lowest BCUT2D eigenvalue weighted by atomic mass is 10.3. The van der Waals surface area contributed by atoms with Crippen molar-refractivity contribution >= 4 is 5.91 Å². The first-order chi connectivity index (χ1) is 10.6. The first kappa shape index (κ1) is 14.2. The van der Waals surface area contributed by atoms with Gasteiger partial charge in [0.15, 0.2) is 0 Å². The molecule has 2 aromatic heterocycles. The van der Waals surface area contributed by atoms with Crippen molar-refractivity contribution in [3.63, 3.8) is 0 Å². The van der Waals surface area contributed by atoms with Crippen LogP contribution in [0.5, 0.6) is 5.88 Å². The lowest BCUT2D eigenvalue weighted by Gasteiger charge is -2.16. The first-order valence-corrected chi connectivity index (χ1v) is 6.94. The molecule has 22 heavy (non-hydrogen) atoms. The van der Waals surface area contributed by atoms with Crippen molar-refractivity contribution in [2.24, 2.45) is 0 Å². The third-order valence-electron chi connectivity index (χ3n) is 3.39. The molecule has 0 spiro atoms. The highest BCUT2D eigenvalue weighted by Gasteiger charge is 2.29. The number of ether oxygens (including phenoxy) is 1. The molecule has 0 bridgehead atoms. The molecule has 0 radical (unpaired) electrons. The van der Waals surface area contributed by atoms with E-state index in [9.17, 15) is 9.59 Å². The van der Waals surface area contributed by atoms with Crippen LogP contribution in [0.4, 0.5) is 0 Å². The normalized spacial score (nSPS) is 17.5. The molecule has 0 unspecified atom stereocenters. The first-order valence-electron chi connectivity index (χ1n) is 6.94. The maximum Gasteiger partial charge on any atom is 0.274 e. The molecule has 1 saturated heterocycles. The van der Waals surface area contributed by atoms with Gasteiger partial charge in [-0.05, 0) is 19.1 Å². The van der Waals surface area contributed by atoms with Crippen molar-refractivity contribution in [1.29, 1.82) is 0 Å². The number of carbonyl (C=O) groups is 1. The molecule has 0 aromatic carbocycles. The second-order valence-corrected chi connectivity index (χ2v) is 5.10.